The van der Waals surface area contributed by atoms with E-state index in [1.54, 1.807) is 7.11 Å². The first-order valence-electron chi connectivity index (χ1n) is 7.44. The fourth-order valence-electron chi connectivity index (χ4n) is 2.71. The molecular weight excluding hydrogens is 262 g/mol. The second-order valence-corrected chi connectivity index (χ2v) is 5.24. The molecule has 3 rings (SSSR count). The van der Waals surface area contributed by atoms with Crippen molar-refractivity contribution in [1.82, 2.24) is 4.98 Å². The summed E-state index contributed by atoms with van der Waals surface area (Å²) < 4.78 is 5.16. The molecule has 1 aliphatic heterocycles. The molecule has 1 N–H and O–H groups in total. The Morgan fingerprint density at radius 3 is 2.71 bits per heavy atom. The number of pyridine rings is 1. The highest BCUT2D eigenvalue weighted by atomic mass is 16.5. The Hall–Kier alpha value is -2.23. The van der Waals surface area contributed by atoms with Crippen LogP contribution in [0.5, 0.6) is 5.88 Å². The lowest BCUT2D eigenvalue weighted by atomic mass is 10.2. The van der Waals surface area contributed by atoms with Crippen LogP contribution in [0.3, 0.4) is 0 Å². The zero-order chi connectivity index (χ0) is 14.5. The molecule has 1 aromatic carbocycles. The van der Waals surface area contributed by atoms with Crippen LogP contribution in [-0.4, -0.2) is 25.2 Å². The predicted molar refractivity (Wildman–Crippen MR) is 86.0 cm³/mol. The van der Waals surface area contributed by atoms with Gasteiger partial charge in [-0.1, -0.05) is 18.2 Å². The van der Waals surface area contributed by atoms with E-state index in [-0.39, 0.29) is 0 Å². The summed E-state index contributed by atoms with van der Waals surface area (Å²) in [6.45, 7) is 2.99. The Morgan fingerprint density at radius 2 is 1.90 bits per heavy atom. The molecule has 2 heterocycles. The number of nitrogens with one attached hydrogen (secondary N) is 1. The van der Waals surface area contributed by atoms with Crippen molar-refractivity contribution in [1.29, 1.82) is 0 Å². The van der Waals surface area contributed by atoms with E-state index in [4.69, 9.17) is 4.74 Å². The van der Waals surface area contributed by atoms with Crippen molar-refractivity contribution < 1.29 is 4.74 Å². The number of aromatic nitrogens is 1. The SMILES string of the molecule is COc1cccc(CNc2ccccc2N2CCCC2)n1. The largest absolute Gasteiger partial charge is 0.481 e. The number of hydrogen-bond donors (Lipinski definition) is 1. The molecule has 0 bridgehead atoms. The van der Waals surface area contributed by atoms with Gasteiger partial charge in [0.25, 0.3) is 0 Å². The lowest BCUT2D eigenvalue weighted by Gasteiger charge is -2.21. The zero-order valence-corrected chi connectivity index (χ0v) is 12.4. The van der Waals surface area contributed by atoms with Crippen molar-refractivity contribution in [3.8, 4) is 5.88 Å². The van der Waals surface area contributed by atoms with Crippen LogP contribution >= 0.6 is 0 Å². The smallest absolute Gasteiger partial charge is 0.213 e. The molecule has 0 radical (unpaired) electrons. The summed E-state index contributed by atoms with van der Waals surface area (Å²) >= 11 is 0. The highest BCUT2D eigenvalue weighted by molar-refractivity contribution is 5.70. The highest BCUT2D eigenvalue weighted by Crippen LogP contribution is 2.28. The molecular formula is C17H21N3O. The van der Waals surface area contributed by atoms with E-state index in [2.05, 4.69) is 39.5 Å². The van der Waals surface area contributed by atoms with Crippen molar-refractivity contribution in [3.05, 3.63) is 48.2 Å². The van der Waals surface area contributed by atoms with Crippen LogP contribution < -0.4 is 15.0 Å². The highest BCUT2D eigenvalue weighted by Gasteiger charge is 2.15. The van der Waals surface area contributed by atoms with Gasteiger partial charge in [0.15, 0.2) is 0 Å². The number of anilines is 2. The maximum absolute atomic E-state index is 5.16. The van der Waals surface area contributed by atoms with Crippen molar-refractivity contribution in [2.45, 2.75) is 19.4 Å². The van der Waals surface area contributed by atoms with Gasteiger partial charge in [-0.05, 0) is 31.0 Å². The Kier molecular flexibility index (Phi) is 4.24. The van der Waals surface area contributed by atoms with Crippen molar-refractivity contribution in [3.63, 3.8) is 0 Å². The van der Waals surface area contributed by atoms with Crippen LogP contribution in [0, 0.1) is 0 Å². The summed E-state index contributed by atoms with van der Waals surface area (Å²) in [5.41, 5.74) is 3.44. The normalized spacial score (nSPS) is 14.2. The van der Waals surface area contributed by atoms with Crippen LogP contribution in [-0.2, 0) is 6.54 Å². The van der Waals surface area contributed by atoms with Crippen LogP contribution in [0.1, 0.15) is 18.5 Å². The molecule has 1 fully saturated rings. The Morgan fingerprint density at radius 1 is 1.10 bits per heavy atom. The number of para-hydroxylation sites is 2. The van der Waals surface area contributed by atoms with E-state index in [9.17, 15) is 0 Å². The lowest BCUT2D eigenvalue weighted by Crippen LogP contribution is -2.19. The Bertz CT molecular complexity index is 594. The third-order valence-electron chi connectivity index (χ3n) is 3.80. The quantitative estimate of drug-likeness (QED) is 0.913. The van der Waals surface area contributed by atoms with Gasteiger partial charge in [-0.2, -0.15) is 0 Å². The van der Waals surface area contributed by atoms with E-state index in [0.717, 1.165) is 18.8 Å². The first-order valence-corrected chi connectivity index (χ1v) is 7.44. The standard InChI is InChI=1S/C17H21N3O/c1-21-17-10-6-7-14(19-17)13-18-15-8-2-3-9-16(15)20-11-4-5-12-20/h2-3,6-10,18H,4-5,11-13H2,1H3. The molecule has 110 valence electrons. The van der Waals surface area contributed by atoms with Crippen LogP contribution in [0.4, 0.5) is 11.4 Å². The molecule has 0 unspecified atom stereocenters. The van der Waals surface area contributed by atoms with Crippen molar-refractivity contribution in [2.24, 2.45) is 0 Å². The van der Waals surface area contributed by atoms with Gasteiger partial charge in [0.2, 0.25) is 5.88 Å². The fraction of sp³-hybridized carbons (Fsp3) is 0.353. The lowest BCUT2D eigenvalue weighted by molar-refractivity contribution is 0.396. The molecule has 0 spiro atoms. The summed E-state index contributed by atoms with van der Waals surface area (Å²) in [4.78, 5) is 6.88. The van der Waals surface area contributed by atoms with Gasteiger partial charge in [-0.25, -0.2) is 4.98 Å². The van der Waals surface area contributed by atoms with Crippen LogP contribution in [0.15, 0.2) is 42.5 Å². The minimum Gasteiger partial charge on any atom is -0.481 e. The van der Waals surface area contributed by atoms with Gasteiger partial charge in [-0.3, -0.25) is 0 Å². The molecule has 1 aromatic heterocycles. The van der Waals surface area contributed by atoms with Crippen LogP contribution in [0.2, 0.25) is 0 Å². The van der Waals surface area contributed by atoms with E-state index in [0.29, 0.717) is 12.4 Å². The molecule has 1 aliphatic rings. The van der Waals surface area contributed by atoms with E-state index in [1.165, 1.54) is 24.2 Å². The molecule has 21 heavy (non-hydrogen) atoms. The van der Waals surface area contributed by atoms with Crippen molar-refractivity contribution in [2.75, 3.05) is 30.4 Å². The second kappa shape index (κ2) is 6.48. The van der Waals surface area contributed by atoms with Gasteiger partial charge in [0, 0.05) is 19.2 Å². The first kappa shape index (κ1) is 13.7. The molecule has 4 nitrogen and oxygen atoms in total. The fourth-order valence-corrected chi connectivity index (χ4v) is 2.71. The number of nitrogens with zero attached hydrogens (tertiary/aromatic N) is 2. The van der Waals surface area contributed by atoms with Gasteiger partial charge < -0.3 is 15.0 Å². The minimum absolute atomic E-state index is 0.655. The maximum Gasteiger partial charge on any atom is 0.213 e. The van der Waals surface area contributed by atoms with E-state index in [1.807, 2.05) is 18.2 Å². The average Bonchev–Trinajstić information content (AvgIpc) is 3.08. The van der Waals surface area contributed by atoms with Gasteiger partial charge in [0.05, 0.1) is 30.7 Å². The topological polar surface area (TPSA) is 37.4 Å². The van der Waals surface area contributed by atoms with Gasteiger partial charge >= 0.3 is 0 Å². The van der Waals surface area contributed by atoms with Gasteiger partial charge in [-0.15, -0.1) is 0 Å². The molecule has 1 saturated heterocycles. The Labute approximate surface area is 125 Å². The van der Waals surface area contributed by atoms with Gasteiger partial charge in [0.1, 0.15) is 0 Å². The molecule has 0 amide bonds. The molecule has 0 aliphatic carbocycles. The molecule has 0 atom stereocenters. The van der Waals surface area contributed by atoms with E-state index >= 15 is 0 Å². The predicted octanol–water partition coefficient (Wildman–Crippen LogP) is 3.30. The third kappa shape index (κ3) is 3.27. The zero-order valence-electron chi connectivity index (χ0n) is 12.4. The number of methoxy groups -OCH3 is 1. The van der Waals surface area contributed by atoms with Crippen molar-refractivity contribution >= 4 is 11.4 Å². The summed E-state index contributed by atoms with van der Waals surface area (Å²) in [6.07, 6.45) is 2.57. The first-order chi connectivity index (χ1) is 10.4. The maximum atomic E-state index is 5.16. The van der Waals surface area contributed by atoms with Crippen LogP contribution in [0.25, 0.3) is 0 Å². The monoisotopic (exact) mass is 283 g/mol. The number of ether oxygens (including phenoxy) is 1. The molecule has 4 heteroatoms. The average molecular weight is 283 g/mol. The van der Waals surface area contributed by atoms with E-state index < -0.39 is 0 Å². The summed E-state index contributed by atoms with van der Waals surface area (Å²) in [5.74, 6) is 0.655. The molecule has 2 aromatic rings. The number of rotatable bonds is 5. The molecule has 0 saturated carbocycles. The number of hydrogen-bond acceptors (Lipinski definition) is 4. The number of benzene rings is 1. The minimum atomic E-state index is 0.655. The third-order valence-corrected chi connectivity index (χ3v) is 3.80. The second-order valence-electron chi connectivity index (χ2n) is 5.24. The summed E-state index contributed by atoms with van der Waals surface area (Å²) in [6, 6.07) is 14.3. The summed E-state index contributed by atoms with van der Waals surface area (Å²) in [5, 5.41) is 3.50. The Balaban J connectivity index is 1.72. The summed E-state index contributed by atoms with van der Waals surface area (Å²) in [7, 11) is 1.64.